The summed E-state index contributed by atoms with van der Waals surface area (Å²) >= 11 is 0. The standard InChI is InChI=1S/C20H27FN2O4/c1-13(2)11-16(18(25)26)23-17(24)12-22-19(27)20(9-5-6-10-20)14-7-3-4-8-15(14)21/h3-4,7-8,13,16H,5-6,9-12H2,1-2H3,(H,22,27)(H,23,24)(H,25,26)/t16-/m0/s1. The van der Waals surface area contributed by atoms with Gasteiger partial charge in [0.1, 0.15) is 11.9 Å². The summed E-state index contributed by atoms with van der Waals surface area (Å²) in [4.78, 5) is 36.2. The van der Waals surface area contributed by atoms with Crippen molar-refractivity contribution in [1.82, 2.24) is 10.6 Å². The van der Waals surface area contributed by atoms with Crippen molar-refractivity contribution >= 4 is 17.8 Å². The van der Waals surface area contributed by atoms with Gasteiger partial charge in [0.15, 0.2) is 0 Å². The van der Waals surface area contributed by atoms with Gasteiger partial charge in [-0.3, -0.25) is 9.59 Å². The van der Waals surface area contributed by atoms with Crippen molar-refractivity contribution in [3.05, 3.63) is 35.6 Å². The highest BCUT2D eigenvalue weighted by atomic mass is 19.1. The Morgan fingerprint density at radius 1 is 1.19 bits per heavy atom. The van der Waals surface area contributed by atoms with E-state index in [1.165, 1.54) is 6.07 Å². The van der Waals surface area contributed by atoms with Gasteiger partial charge < -0.3 is 15.7 Å². The fourth-order valence-corrected chi connectivity index (χ4v) is 3.71. The van der Waals surface area contributed by atoms with Crippen molar-refractivity contribution in [3.63, 3.8) is 0 Å². The molecule has 0 bridgehead atoms. The minimum atomic E-state index is -1.11. The highest BCUT2D eigenvalue weighted by molar-refractivity contribution is 5.92. The Labute approximate surface area is 158 Å². The lowest BCUT2D eigenvalue weighted by Gasteiger charge is -2.28. The number of rotatable bonds is 8. The molecule has 0 aromatic heterocycles. The molecule has 1 saturated carbocycles. The Hall–Kier alpha value is -2.44. The summed E-state index contributed by atoms with van der Waals surface area (Å²) in [6.45, 7) is 3.39. The zero-order valence-corrected chi connectivity index (χ0v) is 15.8. The summed E-state index contributed by atoms with van der Waals surface area (Å²) in [5.41, 5.74) is -0.626. The van der Waals surface area contributed by atoms with Crippen molar-refractivity contribution in [3.8, 4) is 0 Å². The summed E-state index contributed by atoms with van der Waals surface area (Å²) in [5, 5.41) is 14.2. The summed E-state index contributed by atoms with van der Waals surface area (Å²) < 4.78 is 14.3. The zero-order chi connectivity index (χ0) is 20.0. The fourth-order valence-electron chi connectivity index (χ4n) is 3.71. The molecule has 1 aromatic carbocycles. The molecule has 0 unspecified atom stereocenters. The van der Waals surface area contributed by atoms with E-state index < -0.39 is 35.1 Å². The van der Waals surface area contributed by atoms with Crippen LogP contribution in [0, 0.1) is 11.7 Å². The van der Waals surface area contributed by atoms with Gasteiger partial charge in [-0.1, -0.05) is 44.9 Å². The maximum Gasteiger partial charge on any atom is 0.326 e. The molecular weight excluding hydrogens is 351 g/mol. The SMILES string of the molecule is CC(C)C[C@H](NC(=O)CNC(=O)C1(c2ccccc2F)CCCC1)C(=O)O. The van der Waals surface area contributed by atoms with Crippen LogP contribution < -0.4 is 10.6 Å². The van der Waals surface area contributed by atoms with E-state index in [0.29, 0.717) is 24.8 Å². The van der Waals surface area contributed by atoms with Gasteiger partial charge in [0.25, 0.3) is 0 Å². The molecule has 0 heterocycles. The topological polar surface area (TPSA) is 95.5 Å². The van der Waals surface area contributed by atoms with Crippen molar-refractivity contribution in [2.24, 2.45) is 5.92 Å². The van der Waals surface area contributed by atoms with Gasteiger partial charge in [0.2, 0.25) is 11.8 Å². The molecule has 0 saturated heterocycles. The Bertz CT molecular complexity index is 699. The summed E-state index contributed by atoms with van der Waals surface area (Å²) in [5.74, 6) is -2.40. The van der Waals surface area contributed by atoms with Crippen LogP contribution in [0.4, 0.5) is 4.39 Å². The number of hydrogen-bond donors (Lipinski definition) is 3. The molecule has 2 amide bonds. The lowest BCUT2D eigenvalue weighted by atomic mass is 9.77. The van der Waals surface area contributed by atoms with E-state index in [2.05, 4.69) is 10.6 Å². The molecule has 1 aliphatic rings. The third-order valence-corrected chi connectivity index (χ3v) is 5.03. The first-order valence-corrected chi connectivity index (χ1v) is 9.32. The summed E-state index contributed by atoms with van der Waals surface area (Å²) in [7, 11) is 0. The number of carboxylic acids is 1. The predicted molar refractivity (Wildman–Crippen MR) is 98.6 cm³/mol. The van der Waals surface area contributed by atoms with Crippen LogP contribution in [-0.2, 0) is 19.8 Å². The number of carbonyl (C=O) groups is 3. The van der Waals surface area contributed by atoms with Crippen molar-refractivity contribution in [1.29, 1.82) is 0 Å². The van der Waals surface area contributed by atoms with Crippen LogP contribution >= 0.6 is 0 Å². The second-order valence-corrected chi connectivity index (χ2v) is 7.54. The Morgan fingerprint density at radius 3 is 2.37 bits per heavy atom. The van der Waals surface area contributed by atoms with E-state index in [1.807, 2.05) is 13.8 Å². The molecule has 27 heavy (non-hydrogen) atoms. The Morgan fingerprint density at radius 2 is 1.81 bits per heavy atom. The number of nitrogens with one attached hydrogen (secondary N) is 2. The van der Waals surface area contributed by atoms with Gasteiger partial charge in [0, 0.05) is 5.56 Å². The first-order chi connectivity index (χ1) is 12.8. The van der Waals surface area contributed by atoms with Crippen molar-refractivity contribution in [2.45, 2.75) is 57.4 Å². The number of aliphatic carboxylic acids is 1. The molecule has 3 N–H and O–H groups in total. The van der Waals surface area contributed by atoms with Crippen LogP contribution in [0.5, 0.6) is 0 Å². The van der Waals surface area contributed by atoms with Crippen molar-refractivity contribution in [2.75, 3.05) is 6.54 Å². The maximum absolute atomic E-state index is 14.3. The van der Waals surface area contributed by atoms with E-state index in [-0.39, 0.29) is 12.5 Å². The lowest BCUT2D eigenvalue weighted by Crippen LogP contribution is -2.49. The van der Waals surface area contributed by atoms with Crippen LogP contribution in [0.1, 0.15) is 51.5 Å². The molecule has 0 radical (unpaired) electrons. The summed E-state index contributed by atoms with van der Waals surface area (Å²) in [6, 6.07) is 5.22. The molecule has 2 rings (SSSR count). The van der Waals surface area contributed by atoms with Crippen molar-refractivity contribution < 1.29 is 23.9 Å². The zero-order valence-electron chi connectivity index (χ0n) is 15.8. The van der Waals surface area contributed by atoms with Crippen LogP contribution in [-0.4, -0.2) is 35.5 Å². The number of hydrogen-bond acceptors (Lipinski definition) is 3. The second-order valence-electron chi connectivity index (χ2n) is 7.54. The minimum Gasteiger partial charge on any atom is -0.480 e. The molecule has 1 aliphatic carbocycles. The maximum atomic E-state index is 14.3. The van der Waals surface area contributed by atoms with Gasteiger partial charge in [-0.2, -0.15) is 0 Å². The molecule has 6 nitrogen and oxygen atoms in total. The van der Waals surface area contributed by atoms with E-state index in [4.69, 9.17) is 0 Å². The minimum absolute atomic E-state index is 0.101. The first-order valence-electron chi connectivity index (χ1n) is 9.32. The van der Waals surface area contributed by atoms with E-state index in [9.17, 15) is 23.9 Å². The lowest BCUT2D eigenvalue weighted by molar-refractivity contribution is -0.142. The van der Waals surface area contributed by atoms with Gasteiger partial charge in [0.05, 0.1) is 12.0 Å². The molecule has 7 heteroatoms. The molecule has 0 spiro atoms. The fraction of sp³-hybridized carbons (Fsp3) is 0.550. The number of amides is 2. The van der Waals surface area contributed by atoms with Gasteiger partial charge in [-0.05, 0) is 31.2 Å². The molecule has 0 aliphatic heterocycles. The monoisotopic (exact) mass is 378 g/mol. The highest BCUT2D eigenvalue weighted by Gasteiger charge is 2.44. The predicted octanol–water partition coefficient (Wildman–Crippen LogP) is 2.37. The van der Waals surface area contributed by atoms with Crippen LogP contribution in [0.15, 0.2) is 24.3 Å². The van der Waals surface area contributed by atoms with E-state index in [0.717, 1.165) is 12.8 Å². The van der Waals surface area contributed by atoms with Crippen LogP contribution in [0.2, 0.25) is 0 Å². The first kappa shape index (κ1) is 20.9. The largest absolute Gasteiger partial charge is 0.480 e. The average Bonchev–Trinajstić information content (AvgIpc) is 3.10. The molecule has 148 valence electrons. The molecular formula is C20H27FN2O4. The highest BCUT2D eigenvalue weighted by Crippen LogP contribution is 2.42. The summed E-state index contributed by atoms with van der Waals surface area (Å²) in [6.07, 6.45) is 2.96. The third kappa shape index (κ3) is 5.05. The Kier molecular flexibility index (Phi) is 6.93. The normalized spacial score (nSPS) is 16.7. The smallest absolute Gasteiger partial charge is 0.326 e. The van der Waals surface area contributed by atoms with Crippen LogP contribution in [0.3, 0.4) is 0 Å². The number of benzene rings is 1. The molecule has 1 aromatic rings. The van der Waals surface area contributed by atoms with E-state index in [1.54, 1.807) is 18.2 Å². The number of carbonyl (C=O) groups excluding carboxylic acids is 2. The number of halogens is 1. The quantitative estimate of drug-likeness (QED) is 0.647. The second kappa shape index (κ2) is 8.97. The van der Waals surface area contributed by atoms with Gasteiger partial charge in [-0.15, -0.1) is 0 Å². The molecule has 1 atom stereocenters. The van der Waals surface area contributed by atoms with Crippen LogP contribution in [0.25, 0.3) is 0 Å². The van der Waals surface area contributed by atoms with Gasteiger partial charge in [-0.25, -0.2) is 9.18 Å². The molecule has 1 fully saturated rings. The van der Waals surface area contributed by atoms with E-state index >= 15 is 0 Å². The van der Waals surface area contributed by atoms with Gasteiger partial charge >= 0.3 is 5.97 Å². The average molecular weight is 378 g/mol. The number of carboxylic acid groups (broad SMARTS) is 1. The third-order valence-electron chi connectivity index (χ3n) is 5.03. The Balaban J connectivity index is 2.03.